The summed E-state index contributed by atoms with van der Waals surface area (Å²) in [6.07, 6.45) is 10.6. The predicted molar refractivity (Wildman–Crippen MR) is 101 cm³/mol. The molecule has 5 heteroatoms. The van der Waals surface area contributed by atoms with Crippen molar-refractivity contribution in [3.8, 4) is 0 Å². The monoisotopic (exact) mass is 350 g/mol. The zero-order chi connectivity index (χ0) is 17.8. The van der Waals surface area contributed by atoms with Crippen molar-refractivity contribution in [2.75, 3.05) is 26.4 Å². The van der Waals surface area contributed by atoms with Gasteiger partial charge < -0.3 is 18.4 Å². The van der Waals surface area contributed by atoms with E-state index in [1.807, 2.05) is 20.8 Å². The Hall–Kier alpha value is 0.0569. The molecule has 0 amide bonds. The fourth-order valence-corrected chi connectivity index (χ4v) is 5.16. The first-order chi connectivity index (χ1) is 11.2. The Morgan fingerprint density at radius 2 is 0.957 bits per heavy atom. The first kappa shape index (κ1) is 25.3. The molecule has 0 unspecified atom stereocenters. The van der Waals surface area contributed by atoms with Gasteiger partial charge in [0.2, 0.25) is 0 Å². The maximum atomic E-state index is 7.57. The molecule has 0 aromatic rings. The molecule has 0 aliphatic rings. The van der Waals surface area contributed by atoms with Gasteiger partial charge in [-0.3, -0.25) is 0 Å². The van der Waals surface area contributed by atoms with E-state index >= 15 is 0 Å². The summed E-state index contributed by atoms with van der Waals surface area (Å²) in [6.45, 7) is 12.3. The van der Waals surface area contributed by atoms with E-state index in [9.17, 15) is 0 Å². The number of rotatable bonds is 15. The first-order valence-electron chi connectivity index (χ1n) is 9.68. The molecule has 0 spiro atoms. The molecule has 4 nitrogen and oxygen atoms in total. The van der Waals surface area contributed by atoms with Gasteiger partial charge in [-0.15, -0.1) is 0 Å². The SMILES string of the molecule is CCCCCCCCCC[Si](OCC)(OCC)OCC.CCO. The topological polar surface area (TPSA) is 47.9 Å². The lowest BCUT2D eigenvalue weighted by Gasteiger charge is -2.28. The van der Waals surface area contributed by atoms with Crippen molar-refractivity contribution in [3.63, 3.8) is 0 Å². The van der Waals surface area contributed by atoms with E-state index in [4.69, 9.17) is 18.4 Å². The average molecular weight is 351 g/mol. The van der Waals surface area contributed by atoms with Crippen LogP contribution < -0.4 is 0 Å². The van der Waals surface area contributed by atoms with Crippen molar-refractivity contribution in [3.05, 3.63) is 0 Å². The van der Waals surface area contributed by atoms with Crippen LogP contribution in [0.5, 0.6) is 0 Å². The van der Waals surface area contributed by atoms with Crippen LogP contribution in [-0.2, 0) is 13.3 Å². The number of aliphatic hydroxyl groups is 1. The Kier molecular flexibility index (Phi) is 22.1. The fourth-order valence-electron chi connectivity index (χ4n) is 2.48. The highest BCUT2D eigenvalue weighted by atomic mass is 28.4. The second-order valence-electron chi connectivity index (χ2n) is 5.52. The highest BCUT2D eigenvalue weighted by Crippen LogP contribution is 2.20. The van der Waals surface area contributed by atoms with E-state index < -0.39 is 8.80 Å². The highest BCUT2D eigenvalue weighted by molar-refractivity contribution is 6.60. The summed E-state index contributed by atoms with van der Waals surface area (Å²) in [4.78, 5) is 0. The lowest BCUT2D eigenvalue weighted by Crippen LogP contribution is -2.45. The number of hydrogen-bond donors (Lipinski definition) is 1. The van der Waals surface area contributed by atoms with Gasteiger partial charge in [0.25, 0.3) is 0 Å². The molecule has 1 N–H and O–H groups in total. The molecule has 0 aliphatic heterocycles. The van der Waals surface area contributed by atoms with E-state index in [2.05, 4.69) is 6.92 Å². The van der Waals surface area contributed by atoms with Crippen LogP contribution in [0.2, 0.25) is 6.04 Å². The third-order valence-electron chi connectivity index (χ3n) is 3.43. The molecule has 0 aromatic heterocycles. The second-order valence-corrected chi connectivity index (χ2v) is 8.26. The Morgan fingerprint density at radius 3 is 1.30 bits per heavy atom. The molecule has 0 heterocycles. The summed E-state index contributed by atoms with van der Waals surface area (Å²) in [5.74, 6) is 0. The normalized spacial score (nSPS) is 11.2. The molecule has 0 aliphatic carbocycles. The van der Waals surface area contributed by atoms with Crippen LogP contribution in [0.25, 0.3) is 0 Å². The summed E-state index contributed by atoms with van der Waals surface area (Å²) in [6, 6.07) is 0.970. The summed E-state index contributed by atoms with van der Waals surface area (Å²) in [5.41, 5.74) is 0. The van der Waals surface area contributed by atoms with E-state index in [-0.39, 0.29) is 6.61 Å². The van der Waals surface area contributed by atoms with Gasteiger partial charge in [0.1, 0.15) is 0 Å². The van der Waals surface area contributed by atoms with Crippen LogP contribution in [0.1, 0.15) is 86.0 Å². The minimum Gasteiger partial charge on any atom is -0.397 e. The van der Waals surface area contributed by atoms with Crippen molar-refractivity contribution in [1.82, 2.24) is 0 Å². The number of aliphatic hydroxyl groups excluding tert-OH is 1. The van der Waals surface area contributed by atoms with Gasteiger partial charge in [-0.25, -0.2) is 0 Å². The molecule has 0 saturated carbocycles. The maximum absolute atomic E-state index is 7.57. The fraction of sp³-hybridized carbons (Fsp3) is 1.00. The largest absolute Gasteiger partial charge is 0.500 e. The molecule has 0 fully saturated rings. The molecule has 0 aromatic carbocycles. The molecule has 142 valence electrons. The molecule has 0 rings (SSSR count). The lowest BCUT2D eigenvalue weighted by molar-refractivity contribution is 0.0706. The van der Waals surface area contributed by atoms with E-state index in [1.54, 1.807) is 6.92 Å². The van der Waals surface area contributed by atoms with Gasteiger partial charge in [-0.2, -0.15) is 0 Å². The first-order valence-corrected chi connectivity index (χ1v) is 11.6. The molecule has 23 heavy (non-hydrogen) atoms. The van der Waals surface area contributed by atoms with Crippen molar-refractivity contribution in [1.29, 1.82) is 0 Å². The third-order valence-corrected chi connectivity index (χ3v) is 6.58. The highest BCUT2D eigenvalue weighted by Gasteiger charge is 2.39. The quantitative estimate of drug-likeness (QED) is 0.327. The molecule has 0 atom stereocenters. The predicted octanol–water partition coefficient (Wildman–Crippen LogP) is 5.17. The van der Waals surface area contributed by atoms with Crippen LogP contribution in [0, 0.1) is 0 Å². The van der Waals surface area contributed by atoms with Crippen LogP contribution in [-0.4, -0.2) is 40.3 Å². The summed E-state index contributed by atoms with van der Waals surface area (Å²) < 4.78 is 17.6. The Bertz CT molecular complexity index is 198. The Balaban J connectivity index is 0. The standard InChI is InChI=1S/C16H36O3Si.C2H6O/c1-5-9-10-11-12-13-14-15-16-20(17-6-2,18-7-3)19-8-4;1-2-3/h5-16H2,1-4H3;3H,2H2,1H3. The van der Waals surface area contributed by atoms with Crippen molar-refractivity contribution in [2.45, 2.75) is 92.0 Å². The Labute approximate surface area is 146 Å². The Morgan fingerprint density at radius 1 is 0.609 bits per heavy atom. The van der Waals surface area contributed by atoms with Crippen LogP contribution in [0.15, 0.2) is 0 Å². The summed E-state index contributed by atoms with van der Waals surface area (Å²) >= 11 is 0. The van der Waals surface area contributed by atoms with Crippen LogP contribution in [0.3, 0.4) is 0 Å². The van der Waals surface area contributed by atoms with Gasteiger partial charge in [-0.05, 0) is 34.1 Å². The van der Waals surface area contributed by atoms with Crippen molar-refractivity contribution in [2.24, 2.45) is 0 Å². The minimum atomic E-state index is -2.38. The molecule has 0 bridgehead atoms. The second kappa shape index (κ2) is 20.1. The number of unbranched alkanes of at least 4 members (excludes halogenated alkanes) is 7. The van der Waals surface area contributed by atoms with Crippen LogP contribution >= 0.6 is 0 Å². The third kappa shape index (κ3) is 16.7. The molecular weight excluding hydrogens is 308 g/mol. The van der Waals surface area contributed by atoms with Gasteiger partial charge in [0.15, 0.2) is 0 Å². The average Bonchev–Trinajstić information content (AvgIpc) is 2.51. The number of hydrogen-bond acceptors (Lipinski definition) is 4. The molecule has 0 saturated heterocycles. The smallest absolute Gasteiger partial charge is 0.397 e. The van der Waals surface area contributed by atoms with E-state index in [0.717, 1.165) is 6.04 Å². The summed E-state index contributed by atoms with van der Waals surface area (Å²) in [7, 11) is -2.38. The maximum Gasteiger partial charge on any atom is 0.500 e. The van der Waals surface area contributed by atoms with Gasteiger partial charge in [0.05, 0.1) is 0 Å². The lowest BCUT2D eigenvalue weighted by atomic mass is 10.1. The van der Waals surface area contributed by atoms with Gasteiger partial charge >= 0.3 is 8.80 Å². The molecular formula is C18H42O4Si. The van der Waals surface area contributed by atoms with Gasteiger partial charge in [0, 0.05) is 32.5 Å². The molecule has 0 radical (unpaired) electrons. The van der Waals surface area contributed by atoms with Gasteiger partial charge in [-0.1, -0.05) is 51.9 Å². The van der Waals surface area contributed by atoms with Crippen molar-refractivity contribution < 1.29 is 18.4 Å². The van der Waals surface area contributed by atoms with E-state index in [0.29, 0.717) is 19.8 Å². The van der Waals surface area contributed by atoms with E-state index in [1.165, 1.54) is 51.4 Å². The van der Waals surface area contributed by atoms with Crippen LogP contribution in [0.4, 0.5) is 0 Å². The summed E-state index contributed by atoms with van der Waals surface area (Å²) in [5, 5.41) is 7.57. The zero-order valence-corrected chi connectivity index (χ0v) is 17.4. The van der Waals surface area contributed by atoms with Crippen molar-refractivity contribution >= 4 is 8.80 Å². The minimum absolute atomic E-state index is 0.250. The zero-order valence-electron chi connectivity index (χ0n) is 16.4.